The number of rotatable bonds is 8. The molecule has 0 aliphatic carbocycles. The summed E-state index contributed by atoms with van der Waals surface area (Å²) in [6.45, 7) is 3.27. The molecule has 1 amide bonds. The molecule has 6 nitrogen and oxygen atoms in total. The third-order valence-electron chi connectivity index (χ3n) is 7.79. The van der Waals surface area contributed by atoms with Crippen LogP contribution in [0.1, 0.15) is 29.5 Å². The topological polar surface area (TPSA) is 75.6 Å². The molecular weight excluding hydrogens is 452 g/mol. The van der Waals surface area contributed by atoms with Crippen molar-refractivity contribution in [1.29, 1.82) is 0 Å². The Morgan fingerprint density at radius 1 is 0.861 bits per heavy atom. The fourth-order valence-corrected chi connectivity index (χ4v) is 5.72. The standard InChI is InChI=1S/C30H32N2O4/c33-28(31-20-23-10-4-1-5-11-23)22-32-18-16-24(17-19-32)27(21-32)36-29(34)30(35,25-12-6-2-7-13-25)26-14-8-3-9-15-26/h1-15,24,27,35H,16-22H2/p+1/t24?,27-,32?/m0/s1. The van der Waals surface area contributed by atoms with Crippen molar-refractivity contribution >= 4 is 11.9 Å². The summed E-state index contributed by atoms with van der Waals surface area (Å²) >= 11 is 0. The van der Waals surface area contributed by atoms with Gasteiger partial charge in [-0.1, -0.05) is 91.0 Å². The number of fused-ring (bicyclic) bond motifs is 3. The molecule has 3 aromatic rings. The minimum absolute atomic E-state index is 0.00866. The number of nitrogens with one attached hydrogen (secondary N) is 1. The Morgan fingerprint density at radius 2 is 1.39 bits per heavy atom. The van der Waals surface area contributed by atoms with Gasteiger partial charge in [0.05, 0.1) is 13.1 Å². The fourth-order valence-electron chi connectivity index (χ4n) is 5.72. The van der Waals surface area contributed by atoms with Crippen molar-refractivity contribution in [3.63, 3.8) is 0 Å². The Labute approximate surface area is 212 Å². The molecular formula is C30H33N2O4+. The van der Waals surface area contributed by atoms with Gasteiger partial charge in [0, 0.05) is 25.3 Å². The van der Waals surface area contributed by atoms with Crippen LogP contribution in [-0.4, -0.2) is 53.7 Å². The van der Waals surface area contributed by atoms with Crippen LogP contribution in [0.3, 0.4) is 0 Å². The van der Waals surface area contributed by atoms with Gasteiger partial charge in [-0.2, -0.15) is 0 Å². The molecule has 3 heterocycles. The monoisotopic (exact) mass is 485 g/mol. The molecule has 36 heavy (non-hydrogen) atoms. The van der Waals surface area contributed by atoms with Gasteiger partial charge >= 0.3 is 5.97 Å². The van der Waals surface area contributed by atoms with E-state index in [1.165, 1.54) is 0 Å². The molecule has 186 valence electrons. The summed E-state index contributed by atoms with van der Waals surface area (Å²) in [5.74, 6) is -0.406. The van der Waals surface area contributed by atoms with Crippen LogP contribution in [0.25, 0.3) is 0 Å². The van der Waals surface area contributed by atoms with Crippen molar-refractivity contribution in [1.82, 2.24) is 5.32 Å². The number of benzene rings is 3. The van der Waals surface area contributed by atoms with Crippen LogP contribution < -0.4 is 5.32 Å². The first-order chi connectivity index (χ1) is 17.5. The number of hydrogen-bond acceptors (Lipinski definition) is 4. The second kappa shape index (κ2) is 10.2. The average Bonchev–Trinajstić information content (AvgIpc) is 2.93. The van der Waals surface area contributed by atoms with E-state index >= 15 is 0 Å². The number of hydrogen-bond donors (Lipinski definition) is 2. The number of carbonyl (C=O) groups excluding carboxylic acids is 2. The summed E-state index contributed by atoms with van der Waals surface area (Å²) in [6, 6.07) is 27.8. The lowest BCUT2D eigenvalue weighted by molar-refractivity contribution is -0.939. The number of nitrogens with zero attached hydrogens (tertiary/aromatic N) is 1. The van der Waals surface area contributed by atoms with E-state index in [1.807, 2.05) is 42.5 Å². The Kier molecular flexibility index (Phi) is 6.90. The molecule has 2 N–H and O–H groups in total. The predicted molar refractivity (Wildman–Crippen MR) is 137 cm³/mol. The van der Waals surface area contributed by atoms with Crippen molar-refractivity contribution in [2.75, 3.05) is 26.2 Å². The zero-order valence-corrected chi connectivity index (χ0v) is 20.4. The fraction of sp³-hybridized carbons (Fsp3) is 0.333. The second-order valence-electron chi connectivity index (χ2n) is 10.1. The molecule has 3 aromatic carbocycles. The molecule has 0 unspecified atom stereocenters. The zero-order valence-electron chi connectivity index (χ0n) is 20.4. The third-order valence-corrected chi connectivity index (χ3v) is 7.79. The van der Waals surface area contributed by atoms with Crippen LogP contribution in [0.2, 0.25) is 0 Å². The van der Waals surface area contributed by atoms with E-state index in [0.29, 0.717) is 35.2 Å². The van der Waals surface area contributed by atoms with Crippen LogP contribution in [0, 0.1) is 5.92 Å². The van der Waals surface area contributed by atoms with Crippen molar-refractivity contribution in [3.05, 3.63) is 108 Å². The predicted octanol–water partition coefficient (Wildman–Crippen LogP) is 3.39. The number of amides is 1. The molecule has 3 aliphatic heterocycles. The summed E-state index contributed by atoms with van der Waals surface area (Å²) in [5, 5.41) is 14.8. The van der Waals surface area contributed by atoms with Crippen LogP contribution in [0.15, 0.2) is 91.0 Å². The molecule has 6 rings (SSSR count). The first kappa shape index (κ1) is 24.2. The second-order valence-corrected chi connectivity index (χ2v) is 10.1. The highest BCUT2D eigenvalue weighted by Gasteiger charge is 2.51. The first-order valence-electron chi connectivity index (χ1n) is 12.7. The summed E-state index contributed by atoms with van der Waals surface area (Å²) < 4.78 is 6.71. The molecule has 0 radical (unpaired) electrons. The normalized spacial score (nSPS) is 23.1. The molecule has 0 spiro atoms. The van der Waals surface area contributed by atoms with Gasteiger partial charge in [0.1, 0.15) is 6.54 Å². The van der Waals surface area contributed by atoms with Gasteiger partial charge in [-0.15, -0.1) is 0 Å². The maximum atomic E-state index is 13.6. The molecule has 2 bridgehead atoms. The average molecular weight is 486 g/mol. The highest BCUT2D eigenvalue weighted by Crippen LogP contribution is 2.38. The van der Waals surface area contributed by atoms with E-state index < -0.39 is 11.6 Å². The summed E-state index contributed by atoms with van der Waals surface area (Å²) in [5.41, 5.74) is 0.126. The number of carbonyl (C=O) groups is 2. The van der Waals surface area contributed by atoms with E-state index in [0.717, 1.165) is 31.5 Å². The van der Waals surface area contributed by atoms with Crippen LogP contribution in [0.4, 0.5) is 0 Å². The number of aliphatic hydroxyl groups is 1. The van der Waals surface area contributed by atoms with E-state index in [2.05, 4.69) is 5.32 Å². The van der Waals surface area contributed by atoms with Gasteiger partial charge in [0.25, 0.3) is 5.91 Å². The van der Waals surface area contributed by atoms with E-state index in [-0.39, 0.29) is 17.9 Å². The van der Waals surface area contributed by atoms with Gasteiger partial charge in [0.15, 0.2) is 12.6 Å². The minimum Gasteiger partial charge on any atom is -0.453 e. The first-order valence-corrected chi connectivity index (χ1v) is 12.7. The number of ether oxygens (including phenoxy) is 1. The Hall–Kier alpha value is -3.48. The molecule has 1 atom stereocenters. The maximum Gasteiger partial charge on any atom is 0.348 e. The molecule has 0 saturated carbocycles. The van der Waals surface area contributed by atoms with Crippen LogP contribution in [0.5, 0.6) is 0 Å². The van der Waals surface area contributed by atoms with E-state index in [1.54, 1.807) is 48.5 Å². The Bertz CT molecular complexity index is 1140. The summed E-state index contributed by atoms with van der Waals surface area (Å²) in [6.07, 6.45) is 1.47. The molecule has 6 heteroatoms. The molecule has 3 aliphatic rings. The van der Waals surface area contributed by atoms with Crippen molar-refractivity contribution in [2.45, 2.75) is 31.1 Å². The summed E-state index contributed by atoms with van der Waals surface area (Å²) in [7, 11) is 0. The quantitative estimate of drug-likeness (QED) is 0.379. The number of esters is 1. The van der Waals surface area contributed by atoms with Crippen molar-refractivity contribution in [3.8, 4) is 0 Å². The summed E-state index contributed by atoms with van der Waals surface area (Å²) in [4.78, 5) is 26.5. The SMILES string of the molecule is O=C(C[N+]12CCC(CC1)[C@@H](OC(=O)C(O)(c1ccccc1)c1ccccc1)C2)NCc1ccccc1. The van der Waals surface area contributed by atoms with Crippen molar-refractivity contribution < 1.29 is 23.9 Å². The molecule has 0 aromatic heterocycles. The maximum absolute atomic E-state index is 13.6. The lowest BCUT2D eigenvalue weighted by atomic mass is 9.82. The van der Waals surface area contributed by atoms with Crippen LogP contribution in [-0.2, 0) is 26.5 Å². The lowest BCUT2D eigenvalue weighted by Crippen LogP contribution is -2.66. The molecule has 3 saturated heterocycles. The third kappa shape index (κ3) is 4.92. The highest BCUT2D eigenvalue weighted by molar-refractivity contribution is 5.85. The smallest absolute Gasteiger partial charge is 0.348 e. The van der Waals surface area contributed by atoms with Gasteiger partial charge in [-0.25, -0.2) is 4.79 Å². The van der Waals surface area contributed by atoms with E-state index in [9.17, 15) is 14.7 Å². The van der Waals surface area contributed by atoms with Gasteiger partial charge in [0.2, 0.25) is 5.60 Å². The number of quaternary nitrogens is 1. The molecule has 3 fully saturated rings. The van der Waals surface area contributed by atoms with Gasteiger partial charge in [-0.05, 0) is 16.7 Å². The van der Waals surface area contributed by atoms with Crippen LogP contribution >= 0.6 is 0 Å². The lowest BCUT2D eigenvalue weighted by Gasteiger charge is -2.51. The largest absolute Gasteiger partial charge is 0.453 e. The zero-order chi connectivity index (χ0) is 25.0. The number of piperidine rings is 3. The Balaban J connectivity index is 1.30. The Morgan fingerprint density at radius 3 is 1.94 bits per heavy atom. The van der Waals surface area contributed by atoms with E-state index in [4.69, 9.17) is 4.74 Å². The van der Waals surface area contributed by atoms with Gasteiger partial charge in [-0.3, -0.25) is 4.79 Å². The highest BCUT2D eigenvalue weighted by atomic mass is 16.6. The van der Waals surface area contributed by atoms with Crippen molar-refractivity contribution in [2.24, 2.45) is 5.92 Å². The minimum atomic E-state index is -1.90. The van der Waals surface area contributed by atoms with Gasteiger partial charge < -0.3 is 19.6 Å².